The van der Waals surface area contributed by atoms with E-state index in [0.29, 0.717) is 21.7 Å². The molecule has 4 N–H and O–H groups in total. The summed E-state index contributed by atoms with van der Waals surface area (Å²) in [5.74, 6) is 7.38. The Morgan fingerprint density at radius 1 is 1.29 bits per heavy atom. The van der Waals surface area contributed by atoms with Crippen molar-refractivity contribution in [2.75, 3.05) is 16.9 Å². The van der Waals surface area contributed by atoms with Crippen LogP contribution in [0.4, 0.5) is 5.69 Å². The Morgan fingerprint density at radius 2 is 1.86 bits per heavy atom. The standard InChI is InChI=1S/C14H25N3O2S2/c1-5-20-7-6-12(4)17-21(18,19)14-10(2)8-13(16-15)9-11(14)3/h8-9,12,16-17H,5-7,15H2,1-4H3. The van der Waals surface area contributed by atoms with Crippen LogP contribution in [-0.4, -0.2) is 26.0 Å². The molecule has 0 saturated heterocycles. The predicted molar refractivity (Wildman–Crippen MR) is 91.1 cm³/mol. The highest BCUT2D eigenvalue weighted by atomic mass is 32.2. The molecule has 120 valence electrons. The largest absolute Gasteiger partial charge is 0.324 e. The lowest BCUT2D eigenvalue weighted by molar-refractivity contribution is 0.556. The Hall–Kier alpha value is -0.760. The van der Waals surface area contributed by atoms with E-state index in [-0.39, 0.29) is 6.04 Å². The van der Waals surface area contributed by atoms with Crippen molar-refractivity contribution in [1.29, 1.82) is 0 Å². The van der Waals surface area contributed by atoms with Gasteiger partial charge in [-0.3, -0.25) is 5.84 Å². The van der Waals surface area contributed by atoms with Gasteiger partial charge >= 0.3 is 0 Å². The van der Waals surface area contributed by atoms with Gasteiger partial charge in [-0.15, -0.1) is 0 Å². The van der Waals surface area contributed by atoms with Gasteiger partial charge in [0, 0.05) is 11.7 Å². The normalized spacial score (nSPS) is 13.2. The number of nitrogen functional groups attached to an aromatic ring is 1. The number of rotatable bonds is 8. The van der Waals surface area contributed by atoms with Crippen LogP contribution in [0.5, 0.6) is 0 Å². The molecule has 1 aromatic carbocycles. The van der Waals surface area contributed by atoms with Crippen LogP contribution in [0.15, 0.2) is 17.0 Å². The van der Waals surface area contributed by atoms with E-state index in [4.69, 9.17) is 5.84 Å². The molecule has 5 nitrogen and oxygen atoms in total. The average molecular weight is 332 g/mol. The zero-order valence-corrected chi connectivity index (χ0v) is 14.7. The maximum absolute atomic E-state index is 12.5. The quantitative estimate of drug-likeness (QED) is 0.387. The van der Waals surface area contributed by atoms with E-state index in [9.17, 15) is 8.42 Å². The predicted octanol–water partition coefficient (Wildman–Crippen LogP) is 2.40. The van der Waals surface area contributed by atoms with Gasteiger partial charge in [0.15, 0.2) is 0 Å². The smallest absolute Gasteiger partial charge is 0.241 e. The van der Waals surface area contributed by atoms with Crippen molar-refractivity contribution in [1.82, 2.24) is 4.72 Å². The molecule has 0 aromatic heterocycles. The minimum Gasteiger partial charge on any atom is -0.324 e. The maximum atomic E-state index is 12.5. The summed E-state index contributed by atoms with van der Waals surface area (Å²) in [6.07, 6.45) is 0.818. The van der Waals surface area contributed by atoms with E-state index >= 15 is 0 Å². The number of anilines is 1. The molecule has 0 fully saturated rings. The molecule has 0 radical (unpaired) electrons. The van der Waals surface area contributed by atoms with Crippen LogP contribution in [0.3, 0.4) is 0 Å². The monoisotopic (exact) mass is 331 g/mol. The first-order chi connectivity index (χ1) is 9.81. The highest BCUT2D eigenvalue weighted by molar-refractivity contribution is 7.99. The fourth-order valence-corrected chi connectivity index (χ4v) is 4.78. The summed E-state index contributed by atoms with van der Waals surface area (Å²) >= 11 is 1.81. The lowest BCUT2D eigenvalue weighted by atomic mass is 10.1. The molecule has 0 spiro atoms. The van der Waals surface area contributed by atoms with Crippen LogP contribution in [-0.2, 0) is 10.0 Å². The Morgan fingerprint density at radius 3 is 2.33 bits per heavy atom. The van der Waals surface area contributed by atoms with Crippen LogP contribution in [0.25, 0.3) is 0 Å². The van der Waals surface area contributed by atoms with Crippen molar-refractivity contribution in [2.24, 2.45) is 5.84 Å². The number of benzene rings is 1. The molecule has 0 aliphatic rings. The third kappa shape index (κ3) is 5.18. The number of hydrazine groups is 1. The first kappa shape index (κ1) is 18.3. The Labute approximate surface area is 132 Å². The molecule has 0 bridgehead atoms. The lowest BCUT2D eigenvalue weighted by Crippen LogP contribution is -2.34. The molecule has 0 amide bonds. The summed E-state index contributed by atoms with van der Waals surface area (Å²) in [5.41, 5.74) is 4.62. The SMILES string of the molecule is CCSCCC(C)NS(=O)(=O)c1c(C)cc(NN)cc1C. The summed E-state index contributed by atoms with van der Waals surface area (Å²) < 4.78 is 27.9. The molecule has 1 aromatic rings. The Kier molecular flexibility index (Phi) is 6.99. The zero-order chi connectivity index (χ0) is 16.0. The highest BCUT2D eigenvalue weighted by Crippen LogP contribution is 2.24. The van der Waals surface area contributed by atoms with Crippen LogP contribution >= 0.6 is 11.8 Å². The minimum absolute atomic E-state index is 0.0832. The maximum Gasteiger partial charge on any atom is 0.241 e. The number of nitrogens with one attached hydrogen (secondary N) is 2. The van der Waals surface area contributed by atoms with Crippen molar-refractivity contribution in [2.45, 2.75) is 45.1 Å². The van der Waals surface area contributed by atoms with E-state index < -0.39 is 10.0 Å². The van der Waals surface area contributed by atoms with Gasteiger partial charge in [-0.2, -0.15) is 11.8 Å². The summed E-state index contributed by atoms with van der Waals surface area (Å²) in [6.45, 7) is 7.55. The number of sulfonamides is 1. The molecule has 21 heavy (non-hydrogen) atoms. The van der Waals surface area contributed by atoms with Gasteiger partial charge in [0.05, 0.1) is 4.90 Å². The van der Waals surface area contributed by atoms with Gasteiger partial charge in [-0.05, 0) is 62.0 Å². The average Bonchev–Trinajstić information content (AvgIpc) is 2.36. The first-order valence-electron chi connectivity index (χ1n) is 6.99. The van der Waals surface area contributed by atoms with E-state index in [0.717, 1.165) is 17.9 Å². The molecule has 1 unspecified atom stereocenters. The van der Waals surface area contributed by atoms with Gasteiger partial charge in [0.1, 0.15) is 0 Å². The van der Waals surface area contributed by atoms with E-state index in [2.05, 4.69) is 17.1 Å². The van der Waals surface area contributed by atoms with E-state index in [1.54, 1.807) is 26.0 Å². The zero-order valence-electron chi connectivity index (χ0n) is 13.1. The Bertz CT molecular complexity index is 551. The number of hydrogen-bond acceptors (Lipinski definition) is 5. The molecular weight excluding hydrogens is 306 g/mol. The molecule has 0 aliphatic heterocycles. The molecule has 1 atom stereocenters. The topological polar surface area (TPSA) is 84.2 Å². The van der Waals surface area contributed by atoms with Gasteiger partial charge in [0.25, 0.3) is 0 Å². The van der Waals surface area contributed by atoms with Gasteiger partial charge in [-0.25, -0.2) is 13.1 Å². The highest BCUT2D eigenvalue weighted by Gasteiger charge is 2.22. The van der Waals surface area contributed by atoms with Crippen LogP contribution in [0.2, 0.25) is 0 Å². The second kappa shape index (κ2) is 8.03. The molecule has 0 saturated carbocycles. The van der Waals surface area contributed by atoms with Crippen LogP contribution in [0, 0.1) is 13.8 Å². The van der Waals surface area contributed by atoms with Crippen molar-refractivity contribution < 1.29 is 8.42 Å². The van der Waals surface area contributed by atoms with Crippen molar-refractivity contribution in [3.63, 3.8) is 0 Å². The van der Waals surface area contributed by atoms with Crippen molar-refractivity contribution in [3.05, 3.63) is 23.3 Å². The molecular formula is C14H25N3O2S2. The number of nitrogens with two attached hydrogens (primary N) is 1. The minimum atomic E-state index is -3.51. The molecule has 1 rings (SSSR count). The summed E-state index contributed by atoms with van der Waals surface area (Å²) in [7, 11) is -3.51. The molecule has 0 aliphatic carbocycles. The third-order valence-corrected chi connectivity index (χ3v) is 5.98. The second-order valence-corrected chi connectivity index (χ2v) is 8.14. The summed E-state index contributed by atoms with van der Waals surface area (Å²) in [5, 5.41) is 0. The lowest BCUT2D eigenvalue weighted by Gasteiger charge is -2.17. The van der Waals surface area contributed by atoms with E-state index in [1.807, 2.05) is 18.7 Å². The van der Waals surface area contributed by atoms with Gasteiger partial charge in [0.2, 0.25) is 10.0 Å². The van der Waals surface area contributed by atoms with Crippen LogP contribution in [0.1, 0.15) is 31.4 Å². The summed E-state index contributed by atoms with van der Waals surface area (Å²) in [6, 6.07) is 3.39. The number of thioether (sulfide) groups is 1. The number of aryl methyl sites for hydroxylation is 2. The van der Waals surface area contributed by atoms with E-state index in [1.165, 1.54) is 0 Å². The third-order valence-electron chi connectivity index (χ3n) is 3.15. The fourth-order valence-electron chi connectivity index (χ4n) is 2.24. The summed E-state index contributed by atoms with van der Waals surface area (Å²) in [4.78, 5) is 0.344. The molecule has 7 heteroatoms. The van der Waals surface area contributed by atoms with Crippen LogP contribution < -0.4 is 16.0 Å². The van der Waals surface area contributed by atoms with Gasteiger partial charge < -0.3 is 5.43 Å². The number of hydrogen-bond donors (Lipinski definition) is 3. The van der Waals surface area contributed by atoms with Crippen molar-refractivity contribution in [3.8, 4) is 0 Å². The van der Waals surface area contributed by atoms with Gasteiger partial charge in [-0.1, -0.05) is 6.92 Å². The Balaban J connectivity index is 2.93. The first-order valence-corrected chi connectivity index (χ1v) is 9.63. The molecule has 0 heterocycles. The fraction of sp³-hybridized carbons (Fsp3) is 0.571. The second-order valence-electron chi connectivity index (χ2n) is 5.09. The van der Waals surface area contributed by atoms with Crippen molar-refractivity contribution >= 4 is 27.5 Å².